The number of likely N-dealkylation sites (N-methyl/N-ethyl adjacent to an activating group) is 2. The van der Waals surface area contributed by atoms with Gasteiger partial charge in [0.15, 0.2) is 0 Å². The average molecular weight is 229 g/mol. The summed E-state index contributed by atoms with van der Waals surface area (Å²) in [5.74, 6) is 0. The molecule has 17 heavy (non-hydrogen) atoms. The molecule has 0 saturated carbocycles. The molecule has 0 amide bonds. The Bertz CT molecular complexity index is 529. The molecule has 1 aliphatic heterocycles. The molecule has 0 spiro atoms. The molecule has 1 aliphatic rings. The van der Waals surface area contributed by atoms with E-state index >= 15 is 0 Å². The summed E-state index contributed by atoms with van der Waals surface area (Å²) in [6.45, 7) is 2.08. The summed E-state index contributed by atoms with van der Waals surface area (Å²) in [6, 6.07) is 9.22. The molecule has 3 heteroatoms. The van der Waals surface area contributed by atoms with Gasteiger partial charge in [0.2, 0.25) is 0 Å². The van der Waals surface area contributed by atoms with Crippen molar-refractivity contribution in [3.63, 3.8) is 0 Å². The molecular formula is C14H19N3. The number of para-hydroxylation sites is 1. The highest BCUT2D eigenvalue weighted by Gasteiger charge is 2.25. The minimum Gasteiger partial charge on any atom is -0.357 e. The number of hydrogen-bond acceptors (Lipinski definition) is 2. The van der Waals surface area contributed by atoms with E-state index in [2.05, 4.69) is 46.5 Å². The normalized spacial score (nSPS) is 20.7. The van der Waals surface area contributed by atoms with Crippen molar-refractivity contribution < 1.29 is 0 Å². The van der Waals surface area contributed by atoms with Gasteiger partial charge in [-0.3, -0.25) is 4.90 Å². The van der Waals surface area contributed by atoms with E-state index in [9.17, 15) is 0 Å². The van der Waals surface area contributed by atoms with Crippen LogP contribution in [0.2, 0.25) is 0 Å². The minimum absolute atomic E-state index is 0.603. The van der Waals surface area contributed by atoms with Crippen LogP contribution in [0.15, 0.2) is 24.3 Å². The summed E-state index contributed by atoms with van der Waals surface area (Å²) in [4.78, 5) is 5.97. The number of fused-ring (bicyclic) bond motifs is 3. The van der Waals surface area contributed by atoms with Crippen LogP contribution in [0.4, 0.5) is 0 Å². The van der Waals surface area contributed by atoms with Gasteiger partial charge >= 0.3 is 0 Å². The van der Waals surface area contributed by atoms with E-state index in [1.54, 1.807) is 0 Å². The van der Waals surface area contributed by atoms with Crippen LogP contribution in [0.25, 0.3) is 10.9 Å². The highest BCUT2D eigenvalue weighted by Crippen LogP contribution is 2.29. The molecule has 90 valence electrons. The fourth-order valence-corrected chi connectivity index (χ4v) is 2.86. The quantitative estimate of drug-likeness (QED) is 0.822. The van der Waals surface area contributed by atoms with E-state index in [4.69, 9.17) is 0 Å². The minimum atomic E-state index is 0.603. The summed E-state index contributed by atoms with van der Waals surface area (Å²) in [5, 5.41) is 4.69. The third-order valence-corrected chi connectivity index (χ3v) is 3.81. The van der Waals surface area contributed by atoms with Crippen LogP contribution in [0.3, 0.4) is 0 Å². The number of nitrogens with one attached hydrogen (secondary N) is 2. The van der Waals surface area contributed by atoms with Crippen molar-refractivity contribution in [3.05, 3.63) is 35.5 Å². The van der Waals surface area contributed by atoms with Crippen molar-refractivity contribution in [2.45, 2.75) is 19.0 Å². The van der Waals surface area contributed by atoms with Crippen molar-refractivity contribution in [2.24, 2.45) is 0 Å². The maximum absolute atomic E-state index is 3.55. The van der Waals surface area contributed by atoms with Gasteiger partial charge in [0.05, 0.1) is 0 Å². The standard InChI is InChI=1S/C14H19N3/c1-15-8-10-7-12-11-5-3-4-6-13(11)16-14(12)9-17(10)2/h3-6,10,15-16H,7-9H2,1-2H3. The summed E-state index contributed by atoms with van der Waals surface area (Å²) >= 11 is 0. The van der Waals surface area contributed by atoms with Gasteiger partial charge in [-0.2, -0.15) is 0 Å². The highest BCUT2D eigenvalue weighted by atomic mass is 15.2. The molecule has 0 radical (unpaired) electrons. The van der Waals surface area contributed by atoms with Crippen LogP contribution in [0, 0.1) is 0 Å². The van der Waals surface area contributed by atoms with Crippen LogP contribution >= 0.6 is 0 Å². The highest BCUT2D eigenvalue weighted by molar-refractivity contribution is 5.84. The van der Waals surface area contributed by atoms with Gasteiger partial charge in [-0.05, 0) is 32.1 Å². The van der Waals surface area contributed by atoms with Gasteiger partial charge in [0, 0.05) is 35.7 Å². The molecule has 1 unspecified atom stereocenters. The van der Waals surface area contributed by atoms with Crippen LogP contribution < -0.4 is 5.32 Å². The third kappa shape index (κ3) is 1.75. The Morgan fingerprint density at radius 1 is 1.41 bits per heavy atom. The topological polar surface area (TPSA) is 31.1 Å². The smallest absolute Gasteiger partial charge is 0.0459 e. The molecule has 1 aromatic carbocycles. The first-order valence-electron chi connectivity index (χ1n) is 6.23. The van der Waals surface area contributed by atoms with Gasteiger partial charge < -0.3 is 10.3 Å². The number of benzene rings is 1. The molecule has 0 fully saturated rings. The fraction of sp³-hybridized carbons (Fsp3) is 0.429. The summed E-state index contributed by atoms with van der Waals surface area (Å²) in [6.07, 6.45) is 1.14. The number of H-pyrrole nitrogens is 1. The molecular weight excluding hydrogens is 210 g/mol. The summed E-state index contributed by atoms with van der Waals surface area (Å²) < 4.78 is 0. The zero-order valence-electron chi connectivity index (χ0n) is 10.5. The van der Waals surface area contributed by atoms with Crippen LogP contribution in [0.1, 0.15) is 11.3 Å². The van der Waals surface area contributed by atoms with Crippen LogP contribution in [0.5, 0.6) is 0 Å². The molecule has 1 atom stereocenters. The van der Waals surface area contributed by atoms with Gasteiger partial charge in [-0.25, -0.2) is 0 Å². The second kappa shape index (κ2) is 4.17. The van der Waals surface area contributed by atoms with Gasteiger partial charge in [-0.15, -0.1) is 0 Å². The van der Waals surface area contributed by atoms with Crippen molar-refractivity contribution in [2.75, 3.05) is 20.6 Å². The lowest BCUT2D eigenvalue weighted by Crippen LogP contribution is -2.43. The van der Waals surface area contributed by atoms with E-state index < -0.39 is 0 Å². The second-order valence-electron chi connectivity index (χ2n) is 4.96. The number of rotatable bonds is 2. The molecule has 3 nitrogen and oxygen atoms in total. The Balaban J connectivity index is 2.04. The first kappa shape index (κ1) is 10.8. The number of aromatic nitrogens is 1. The molecule has 0 aliphatic carbocycles. The van der Waals surface area contributed by atoms with Crippen molar-refractivity contribution in [1.82, 2.24) is 15.2 Å². The number of nitrogens with zero attached hydrogens (tertiary/aromatic N) is 1. The lowest BCUT2D eigenvalue weighted by molar-refractivity contribution is 0.211. The van der Waals surface area contributed by atoms with Crippen LogP contribution in [-0.4, -0.2) is 36.6 Å². The first-order valence-corrected chi connectivity index (χ1v) is 6.23. The van der Waals surface area contributed by atoms with Gasteiger partial charge in [0.1, 0.15) is 0 Å². The predicted octanol–water partition coefficient (Wildman–Crippen LogP) is 1.74. The lowest BCUT2D eigenvalue weighted by Gasteiger charge is -2.32. The van der Waals surface area contributed by atoms with E-state index in [0.717, 1.165) is 19.5 Å². The molecule has 3 rings (SSSR count). The maximum Gasteiger partial charge on any atom is 0.0459 e. The molecule has 2 N–H and O–H groups in total. The molecule has 0 bridgehead atoms. The third-order valence-electron chi connectivity index (χ3n) is 3.81. The molecule has 0 saturated heterocycles. The Morgan fingerprint density at radius 2 is 2.24 bits per heavy atom. The van der Waals surface area contributed by atoms with Crippen LogP contribution in [-0.2, 0) is 13.0 Å². The fourth-order valence-electron chi connectivity index (χ4n) is 2.86. The van der Waals surface area contributed by atoms with Gasteiger partial charge in [0.25, 0.3) is 0 Å². The van der Waals surface area contributed by atoms with E-state index in [0.29, 0.717) is 6.04 Å². The van der Waals surface area contributed by atoms with Crippen molar-refractivity contribution in [3.8, 4) is 0 Å². The zero-order valence-corrected chi connectivity index (χ0v) is 10.5. The summed E-state index contributed by atoms with van der Waals surface area (Å²) in [5.41, 5.74) is 4.18. The molecule has 2 aromatic rings. The Morgan fingerprint density at radius 3 is 3.06 bits per heavy atom. The SMILES string of the molecule is CNCC1Cc2c([nH]c3ccccc23)CN1C. The van der Waals surface area contributed by atoms with Crippen molar-refractivity contribution >= 4 is 10.9 Å². The van der Waals surface area contributed by atoms with Crippen molar-refractivity contribution in [1.29, 1.82) is 0 Å². The summed E-state index contributed by atoms with van der Waals surface area (Å²) in [7, 11) is 4.23. The van der Waals surface area contributed by atoms with E-state index in [-0.39, 0.29) is 0 Å². The average Bonchev–Trinajstić information content (AvgIpc) is 2.67. The Labute approximate surface area is 102 Å². The number of aromatic amines is 1. The zero-order chi connectivity index (χ0) is 11.8. The molecule has 2 heterocycles. The first-order chi connectivity index (χ1) is 8.29. The largest absolute Gasteiger partial charge is 0.357 e. The van der Waals surface area contributed by atoms with E-state index in [1.807, 2.05) is 7.05 Å². The monoisotopic (exact) mass is 229 g/mol. The Kier molecular flexibility index (Phi) is 2.65. The van der Waals surface area contributed by atoms with E-state index in [1.165, 1.54) is 22.2 Å². The van der Waals surface area contributed by atoms with Gasteiger partial charge in [-0.1, -0.05) is 18.2 Å². The lowest BCUT2D eigenvalue weighted by atomic mass is 9.97. The second-order valence-corrected chi connectivity index (χ2v) is 4.96. The maximum atomic E-state index is 3.55. The Hall–Kier alpha value is -1.32. The molecule has 1 aromatic heterocycles. The number of hydrogen-bond donors (Lipinski definition) is 2. The predicted molar refractivity (Wildman–Crippen MR) is 71.2 cm³/mol.